The van der Waals surface area contributed by atoms with Gasteiger partial charge < -0.3 is 14.5 Å². The minimum absolute atomic E-state index is 0.606. The number of fused-ring (bicyclic) bond motifs is 1. The minimum Gasteiger partial charge on any atom is -0.486 e. The molecule has 0 saturated carbocycles. The maximum atomic E-state index is 5.50. The van der Waals surface area contributed by atoms with Crippen molar-refractivity contribution in [1.29, 1.82) is 0 Å². The average molecular weight is 202 g/mol. The lowest BCUT2D eigenvalue weighted by Gasteiger charge is -2.18. The van der Waals surface area contributed by atoms with Crippen molar-refractivity contribution >= 4 is 0 Å². The molecule has 2 aromatic rings. The molecule has 15 heavy (non-hydrogen) atoms. The third kappa shape index (κ3) is 1.44. The highest BCUT2D eigenvalue weighted by Crippen LogP contribution is 2.33. The van der Waals surface area contributed by atoms with Crippen molar-refractivity contribution in [2.45, 2.75) is 0 Å². The predicted octanol–water partition coefficient (Wildman–Crippen LogP) is 1.85. The maximum Gasteiger partial charge on any atom is 0.162 e. The summed E-state index contributed by atoms with van der Waals surface area (Å²) in [7, 11) is 0. The van der Waals surface area contributed by atoms with Gasteiger partial charge in [-0.15, -0.1) is 0 Å². The lowest BCUT2D eigenvalue weighted by molar-refractivity contribution is 0.171. The number of aromatic nitrogens is 2. The SMILES string of the molecule is c1c[nH]c(-c2ccc3c(c2)OCCO3)n1. The van der Waals surface area contributed by atoms with Crippen molar-refractivity contribution < 1.29 is 9.47 Å². The van der Waals surface area contributed by atoms with Gasteiger partial charge >= 0.3 is 0 Å². The Hall–Kier alpha value is -1.97. The third-order valence-electron chi connectivity index (χ3n) is 2.31. The molecule has 0 saturated heterocycles. The topological polar surface area (TPSA) is 47.1 Å². The highest BCUT2D eigenvalue weighted by Gasteiger charge is 2.12. The summed E-state index contributed by atoms with van der Waals surface area (Å²) in [5, 5.41) is 0. The van der Waals surface area contributed by atoms with Gasteiger partial charge in [-0.05, 0) is 18.2 Å². The largest absolute Gasteiger partial charge is 0.486 e. The smallest absolute Gasteiger partial charge is 0.162 e. The fourth-order valence-corrected chi connectivity index (χ4v) is 1.61. The van der Waals surface area contributed by atoms with Crippen LogP contribution in [-0.2, 0) is 0 Å². The zero-order valence-corrected chi connectivity index (χ0v) is 8.06. The number of aromatic amines is 1. The summed E-state index contributed by atoms with van der Waals surface area (Å²) in [5.74, 6) is 2.43. The van der Waals surface area contributed by atoms with E-state index >= 15 is 0 Å². The van der Waals surface area contributed by atoms with E-state index < -0.39 is 0 Å². The highest BCUT2D eigenvalue weighted by atomic mass is 16.6. The molecule has 0 atom stereocenters. The van der Waals surface area contributed by atoms with Gasteiger partial charge in [-0.3, -0.25) is 0 Å². The molecule has 76 valence electrons. The normalized spacial score (nSPS) is 13.9. The number of nitrogens with zero attached hydrogens (tertiary/aromatic N) is 1. The van der Waals surface area contributed by atoms with E-state index in [9.17, 15) is 0 Å². The molecule has 0 radical (unpaired) electrons. The highest BCUT2D eigenvalue weighted by molar-refractivity contribution is 5.61. The van der Waals surface area contributed by atoms with Crippen LogP contribution in [0.2, 0.25) is 0 Å². The van der Waals surface area contributed by atoms with Crippen molar-refractivity contribution in [3.8, 4) is 22.9 Å². The summed E-state index contributed by atoms with van der Waals surface area (Å²) in [5.41, 5.74) is 1.00. The van der Waals surface area contributed by atoms with Crippen LogP contribution < -0.4 is 9.47 Å². The standard InChI is InChI=1S/C11H10N2O2/c1-2-9-10(15-6-5-14-9)7-8(1)11-12-3-4-13-11/h1-4,7H,5-6H2,(H,12,13). The lowest BCUT2D eigenvalue weighted by Crippen LogP contribution is -2.15. The van der Waals surface area contributed by atoms with Crippen molar-refractivity contribution in [2.24, 2.45) is 0 Å². The van der Waals surface area contributed by atoms with E-state index in [4.69, 9.17) is 9.47 Å². The molecule has 4 heteroatoms. The summed E-state index contributed by atoms with van der Waals surface area (Å²) in [6.45, 7) is 1.22. The van der Waals surface area contributed by atoms with E-state index in [0.29, 0.717) is 13.2 Å². The Kier molecular flexibility index (Phi) is 1.84. The Morgan fingerprint density at radius 2 is 2.00 bits per heavy atom. The van der Waals surface area contributed by atoms with Crippen LogP contribution in [0.1, 0.15) is 0 Å². The lowest BCUT2D eigenvalue weighted by atomic mass is 10.2. The molecule has 3 rings (SSSR count). The number of nitrogens with one attached hydrogen (secondary N) is 1. The summed E-state index contributed by atoms with van der Waals surface area (Å²) in [6, 6.07) is 5.81. The van der Waals surface area contributed by atoms with E-state index in [0.717, 1.165) is 22.9 Å². The van der Waals surface area contributed by atoms with Crippen molar-refractivity contribution in [3.05, 3.63) is 30.6 Å². The number of rotatable bonds is 1. The Morgan fingerprint density at radius 1 is 1.13 bits per heavy atom. The first-order valence-corrected chi connectivity index (χ1v) is 4.83. The second-order valence-electron chi connectivity index (χ2n) is 3.30. The molecule has 1 aliphatic heterocycles. The monoisotopic (exact) mass is 202 g/mol. The predicted molar refractivity (Wildman–Crippen MR) is 55.0 cm³/mol. The first-order valence-electron chi connectivity index (χ1n) is 4.83. The van der Waals surface area contributed by atoms with Crippen LogP contribution >= 0.6 is 0 Å². The molecule has 4 nitrogen and oxygen atoms in total. The van der Waals surface area contributed by atoms with E-state index in [1.807, 2.05) is 18.2 Å². The summed E-state index contributed by atoms with van der Waals surface area (Å²) in [6.07, 6.45) is 3.53. The molecule has 1 aliphatic rings. The number of hydrogen-bond donors (Lipinski definition) is 1. The zero-order valence-electron chi connectivity index (χ0n) is 8.06. The molecule has 0 fully saturated rings. The first-order chi connectivity index (χ1) is 7.43. The van der Waals surface area contributed by atoms with Gasteiger partial charge in [0.1, 0.15) is 19.0 Å². The molecular weight excluding hydrogens is 192 g/mol. The molecule has 0 amide bonds. The van der Waals surface area contributed by atoms with Gasteiger partial charge in [0.25, 0.3) is 0 Å². The molecule has 0 spiro atoms. The van der Waals surface area contributed by atoms with Gasteiger partial charge in [-0.2, -0.15) is 0 Å². The number of ether oxygens (including phenoxy) is 2. The van der Waals surface area contributed by atoms with Crippen LogP contribution in [0, 0.1) is 0 Å². The summed E-state index contributed by atoms with van der Waals surface area (Å²) in [4.78, 5) is 7.24. The Balaban J connectivity index is 2.04. The van der Waals surface area contributed by atoms with Crippen LogP contribution in [0.4, 0.5) is 0 Å². The van der Waals surface area contributed by atoms with Crippen LogP contribution in [-0.4, -0.2) is 23.2 Å². The van der Waals surface area contributed by atoms with Gasteiger partial charge in [0, 0.05) is 18.0 Å². The Morgan fingerprint density at radius 3 is 2.80 bits per heavy atom. The number of benzene rings is 1. The first kappa shape index (κ1) is 8.35. The van der Waals surface area contributed by atoms with Crippen molar-refractivity contribution in [2.75, 3.05) is 13.2 Å². The number of hydrogen-bond acceptors (Lipinski definition) is 3. The molecule has 1 aromatic carbocycles. The van der Waals surface area contributed by atoms with Gasteiger partial charge in [-0.25, -0.2) is 4.98 Å². The quantitative estimate of drug-likeness (QED) is 0.767. The second-order valence-corrected chi connectivity index (χ2v) is 3.30. The van der Waals surface area contributed by atoms with Crippen LogP contribution in [0.5, 0.6) is 11.5 Å². The molecule has 1 aromatic heterocycles. The van der Waals surface area contributed by atoms with E-state index in [-0.39, 0.29) is 0 Å². The van der Waals surface area contributed by atoms with Crippen LogP contribution in [0.3, 0.4) is 0 Å². The van der Waals surface area contributed by atoms with Crippen LogP contribution in [0.15, 0.2) is 30.6 Å². The Labute approximate surface area is 86.9 Å². The minimum atomic E-state index is 0.606. The van der Waals surface area contributed by atoms with E-state index in [1.54, 1.807) is 12.4 Å². The fourth-order valence-electron chi connectivity index (χ4n) is 1.61. The van der Waals surface area contributed by atoms with Gasteiger partial charge in [0.2, 0.25) is 0 Å². The van der Waals surface area contributed by atoms with E-state index in [1.165, 1.54) is 0 Å². The fraction of sp³-hybridized carbons (Fsp3) is 0.182. The number of imidazole rings is 1. The molecule has 0 unspecified atom stereocenters. The van der Waals surface area contributed by atoms with Crippen molar-refractivity contribution in [3.63, 3.8) is 0 Å². The van der Waals surface area contributed by atoms with Crippen LogP contribution in [0.25, 0.3) is 11.4 Å². The molecule has 0 aliphatic carbocycles. The molecule has 2 heterocycles. The number of H-pyrrole nitrogens is 1. The summed E-state index contributed by atoms with van der Waals surface area (Å²) < 4.78 is 10.9. The van der Waals surface area contributed by atoms with Crippen molar-refractivity contribution in [1.82, 2.24) is 9.97 Å². The molecular formula is C11H10N2O2. The third-order valence-corrected chi connectivity index (χ3v) is 2.31. The molecule has 1 N–H and O–H groups in total. The zero-order chi connectivity index (χ0) is 10.1. The van der Waals surface area contributed by atoms with Gasteiger partial charge in [0.05, 0.1) is 0 Å². The average Bonchev–Trinajstić information content (AvgIpc) is 2.82. The summed E-state index contributed by atoms with van der Waals surface area (Å²) >= 11 is 0. The van der Waals surface area contributed by atoms with E-state index in [2.05, 4.69) is 9.97 Å². The molecule has 0 bridgehead atoms. The maximum absolute atomic E-state index is 5.50. The Bertz CT molecular complexity index is 465. The second kappa shape index (κ2) is 3.31. The van der Waals surface area contributed by atoms with Gasteiger partial charge in [-0.1, -0.05) is 0 Å². The van der Waals surface area contributed by atoms with Gasteiger partial charge in [0.15, 0.2) is 11.5 Å².